The number of aryl methyl sites for hydroxylation is 2. The standard InChI is InChI=1S/C17H21NO2S/c1-12-8-15(9-13(2)17(12)11-18-3)14-6-5-7-16(10-14)21(4,19)20/h5-10,18H,11H2,1-4H3. The second-order valence-corrected chi connectivity index (χ2v) is 7.43. The van der Waals surface area contributed by atoms with Crippen LogP contribution in [0.3, 0.4) is 0 Å². The van der Waals surface area contributed by atoms with Crippen LogP contribution in [-0.4, -0.2) is 21.7 Å². The lowest BCUT2D eigenvalue weighted by molar-refractivity contribution is 0.602. The first kappa shape index (κ1) is 15.7. The minimum absolute atomic E-state index is 0.356. The Morgan fingerprint density at radius 3 is 2.14 bits per heavy atom. The average Bonchev–Trinajstić information content (AvgIpc) is 2.42. The fraction of sp³-hybridized carbons (Fsp3) is 0.294. The van der Waals surface area contributed by atoms with Crippen molar-refractivity contribution in [3.8, 4) is 11.1 Å². The van der Waals surface area contributed by atoms with Crippen LogP contribution in [0, 0.1) is 13.8 Å². The minimum atomic E-state index is -3.18. The van der Waals surface area contributed by atoms with Gasteiger partial charge < -0.3 is 5.32 Å². The maximum absolute atomic E-state index is 11.7. The van der Waals surface area contributed by atoms with Gasteiger partial charge >= 0.3 is 0 Å². The van der Waals surface area contributed by atoms with Gasteiger partial charge in [-0.05, 0) is 60.8 Å². The molecule has 0 aliphatic rings. The van der Waals surface area contributed by atoms with Crippen LogP contribution in [0.4, 0.5) is 0 Å². The monoisotopic (exact) mass is 303 g/mol. The van der Waals surface area contributed by atoms with E-state index in [4.69, 9.17) is 0 Å². The van der Waals surface area contributed by atoms with E-state index in [-0.39, 0.29) is 0 Å². The van der Waals surface area contributed by atoms with Crippen LogP contribution in [0.15, 0.2) is 41.3 Å². The largest absolute Gasteiger partial charge is 0.316 e. The van der Waals surface area contributed by atoms with Crippen molar-refractivity contribution >= 4 is 9.84 Å². The van der Waals surface area contributed by atoms with Crippen molar-refractivity contribution in [3.05, 3.63) is 53.1 Å². The number of sulfone groups is 1. The van der Waals surface area contributed by atoms with Gasteiger partial charge in [-0.15, -0.1) is 0 Å². The summed E-state index contributed by atoms with van der Waals surface area (Å²) in [5.41, 5.74) is 5.70. The third-order valence-corrected chi connectivity index (χ3v) is 4.76. The molecule has 112 valence electrons. The smallest absolute Gasteiger partial charge is 0.175 e. The molecule has 2 aromatic carbocycles. The van der Waals surface area contributed by atoms with Gasteiger partial charge in [0, 0.05) is 12.8 Å². The Morgan fingerprint density at radius 1 is 1.00 bits per heavy atom. The maximum Gasteiger partial charge on any atom is 0.175 e. The molecule has 0 atom stereocenters. The third-order valence-electron chi connectivity index (χ3n) is 3.65. The normalized spacial score (nSPS) is 11.6. The summed E-state index contributed by atoms with van der Waals surface area (Å²) in [4.78, 5) is 0.356. The lowest BCUT2D eigenvalue weighted by Gasteiger charge is -2.13. The molecule has 4 heteroatoms. The summed E-state index contributed by atoms with van der Waals surface area (Å²) in [6, 6.07) is 11.3. The third kappa shape index (κ3) is 3.52. The van der Waals surface area contributed by atoms with E-state index in [1.54, 1.807) is 18.2 Å². The van der Waals surface area contributed by atoms with E-state index in [1.807, 2.05) is 13.1 Å². The van der Waals surface area contributed by atoms with Crippen LogP contribution in [0.2, 0.25) is 0 Å². The van der Waals surface area contributed by atoms with E-state index in [0.29, 0.717) is 4.90 Å². The van der Waals surface area contributed by atoms with Crippen LogP contribution in [0.1, 0.15) is 16.7 Å². The van der Waals surface area contributed by atoms with E-state index < -0.39 is 9.84 Å². The van der Waals surface area contributed by atoms with Crippen LogP contribution in [-0.2, 0) is 16.4 Å². The highest BCUT2D eigenvalue weighted by atomic mass is 32.2. The summed E-state index contributed by atoms with van der Waals surface area (Å²) >= 11 is 0. The van der Waals surface area contributed by atoms with Gasteiger partial charge in [0.1, 0.15) is 0 Å². The second kappa shape index (κ2) is 6.00. The van der Waals surface area contributed by atoms with Gasteiger partial charge in [-0.1, -0.05) is 24.3 Å². The lowest BCUT2D eigenvalue weighted by atomic mass is 9.95. The van der Waals surface area contributed by atoms with Gasteiger partial charge in [-0.25, -0.2) is 8.42 Å². The number of rotatable bonds is 4. The van der Waals surface area contributed by atoms with Gasteiger partial charge in [0.15, 0.2) is 9.84 Å². The van der Waals surface area contributed by atoms with Crippen LogP contribution in [0.25, 0.3) is 11.1 Å². The Bertz CT molecular complexity index is 741. The van der Waals surface area contributed by atoms with Crippen LogP contribution < -0.4 is 5.32 Å². The van der Waals surface area contributed by atoms with Crippen molar-refractivity contribution in [2.75, 3.05) is 13.3 Å². The molecule has 1 N–H and O–H groups in total. The van der Waals surface area contributed by atoms with Crippen molar-refractivity contribution < 1.29 is 8.42 Å². The summed E-state index contributed by atoms with van der Waals surface area (Å²) in [6.45, 7) is 5.01. The molecule has 21 heavy (non-hydrogen) atoms. The van der Waals surface area contributed by atoms with E-state index in [9.17, 15) is 8.42 Å². The zero-order chi connectivity index (χ0) is 15.6. The maximum atomic E-state index is 11.7. The van der Waals surface area contributed by atoms with Gasteiger partial charge in [0.2, 0.25) is 0 Å². The zero-order valence-corrected chi connectivity index (χ0v) is 13.7. The van der Waals surface area contributed by atoms with Gasteiger partial charge in [-0.3, -0.25) is 0 Å². The van der Waals surface area contributed by atoms with E-state index in [1.165, 1.54) is 22.9 Å². The van der Waals surface area contributed by atoms with Crippen molar-refractivity contribution in [2.24, 2.45) is 0 Å². The molecule has 2 aromatic rings. The molecule has 0 radical (unpaired) electrons. The highest BCUT2D eigenvalue weighted by Gasteiger charge is 2.10. The van der Waals surface area contributed by atoms with Gasteiger partial charge in [-0.2, -0.15) is 0 Å². The van der Waals surface area contributed by atoms with Crippen molar-refractivity contribution in [2.45, 2.75) is 25.3 Å². The summed E-state index contributed by atoms with van der Waals surface area (Å²) in [6.07, 6.45) is 1.23. The molecular formula is C17H21NO2S. The molecule has 0 bridgehead atoms. The molecule has 3 nitrogen and oxygen atoms in total. The first-order valence-corrected chi connectivity index (χ1v) is 8.77. The Balaban J connectivity index is 2.53. The van der Waals surface area contributed by atoms with Gasteiger partial charge in [0.05, 0.1) is 4.90 Å². The van der Waals surface area contributed by atoms with Crippen molar-refractivity contribution in [3.63, 3.8) is 0 Å². The Hall–Kier alpha value is -1.65. The quantitative estimate of drug-likeness (QED) is 0.944. The second-order valence-electron chi connectivity index (χ2n) is 5.42. The molecular weight excluding hydrogens is 282 g/mol. The molecule has 0 amide bonds. The molecule has 0 saturated heterocycles. The first-order chi connectivity index (χ1) is 9.82. The molecule has 0 spiro atoms. The minimum Gasteiger partial charge on any atom is -0.316 e. The Morgan fingerprint density at radius 2 is 1.62 bits per heavy atom. The van der Waals surface area contributed by atoms with Crippen LogP contribution >= 0.6 is 0 Å². The summed E-state index contributed by atoms with van der Waals surface area (Å²) in [5, 5.41) is 3.17. The predicted octanol–water partition coefficient (Wildman–Crippen LogP) is 3.09. The molecule has 0 saturated carbocycles. The molecule has 0 aliphatic carbocycles. The first-order valence-electron chi connectivity index (χ1n) is 6.88. The highest BCUT2D eigenvalue weighted by molar-refractivity contribution is 7.90. The molecule has 0 aromatic heterocycles. The number of benzene rings is 2. The topological polar surface area (TPSA) is 46.2 Å². The zero-order valence-electron chi connectivity index (χ0n) is 12.9. The van der Waals surface area contributed by atoms with E-state index in [0.717, 1.165) is 17.7 Å². The SMILES string of the molecule is CNCc1c(C)cc(-c2cccc(S(C)(=O)=O)c2)cc1C. The summed E-state index contributed by atoms with van der Waals surface area (Å²) in [5.74, 6) is 0. The summed E-state index contributed by atoms with van der Waals surface area (Å²) < 4.78 is 23.4. The number of hydrogen-bond acceptors (Lipinski definition) is 3. The fourth-order valence-corrected chi connectivity index (χ4v) is 3.19. The molecule has 0 aliphatic heterocycles. The van der Waals surface area contributed by atoms with Crippen molar-refractivity contribution in [1.29, 1.82) is 0 Å². The molecule has 0 heterocycles. The summed E-state index contributed by atoms with van der Waals surface area (Å²) in [7, 11) is -1.25. The average molecular weight is 303 g/mol. The van der Waals surface area contributed by atoms with Crippen molar-refractivity contribution in [1.82, 2.24) is 5.32 Å². The Labute approximate surface area is 126 Å². The lowest BCUT2D eigenvalue weighted by Crippen LogP contribution is -2.08. The molecule has 0 fully saturated rings. The van der Waals surface area contributed by atoms with Gasteiger partial charge in [0.25, 0.3) is 0 Å². The van der Waals surface area contributed by atoms with E-state index in [2.05, 4.69) is 31.3 Å². The highest BCUT2D eigenvalue weighted by Crippen LogP contribution is 2.27. The van der Waals surface area contributed by atoms with Crippen LogP contribution in [0.5, 0.6) is 0 Å². The molecule has 0 unspecified atom stereocenters. The molecule has 2 rings (SSSR count). The van der Waals surface area contributed by atoms with E-state index >= 15 is 0 Å². The number of nitrogens with one attached hydrogen (secondary N) is 1. The fourth-order valence-electron chi connectivity index (χ4n) is 2.52. The Kier molecular flexibility index (Phi) is 4.49. The predicted molar refractivity (Wildman–Crippen MR) is 87.2 cm³/mol. The number of hydrogen-bond donors (Lipinski definition) is 1.